The largest absolute Gasteiger partial charge is 0.391 e. The second kappa shape index (κ2) is 5.54. The van der Waals surface area contributed by atoms with Crippen LogP contribution in [-0.2, 0) is 0 Å². The van der Waals surface area contributed by atoms with Crippen LogP contribution in [0.1, 0.15) is 25.3 Å². The minimum Gasteiger partial charge on any atom is -0.391 e. The van der Waals surface area contributed by atoms with E-state index in [1.54, 1.807) is 18.2 Å². The maximum atomic E-state index is 9.90. The molecule has 0 amide bonds. The monoisotopic (exact) mass is 257 g/mol. The van der Waals surface area contributed by atoms with Gasteiger partial charge in [0.2, 0.25) is 0 Å². The number of hydrogen-bond donors (Lipinski definition) is 1. The third-order valence-corrected chi connectivity index (χ3v) is 3.21. The summed E-state index contributed by atoms with van der Waals surface area (Å²) in [4.78, 5) is 0. The molecule has 0 fully saturated rings. The van der Waals surface area contributed by atoms with Gasteiger partial charge in [0.05, 0.1) is 28.1 Å². The van der Waals surface area contributed by atoms with Gasteiger partial charge in [-0.15, -0.1) is 0 Å². The van der Waals surface area contributed by atoms with Gasteiger partial charge in [0.1, 0.15) is 0 Å². The molecule has 86 valence electrons. The van der Waals surface area contributed by atoms with Crippen LogP contribution in [0.4, 0.5) is 0 Å². The number of nitriles is 1. The summed E-state index contributed by atoms with van der Waals surface area (Å²) in [5.74, 6) is -0.561. The van der Waals surface area contributed by atoms with Gasteiger partial charge in [-0.25, -0.2) is 0 Å². The zero-order valence-corrected chi connectivity index (χ0v) is 10.6. The lowest BCUT2D eigenvalue weighted by Gasteiger charge is -2.20. The van der Waals surface area contributed by atoms with Crippen LogP contribution in [0.15, 0.2) is 18.2 Å². The molecule has 4 heteroatoms. The first-order chi connectivity index (χ1) is 7.47. The Kier molecular flexibility index (Phi) is 4.61. The first-order valence-electron chi connectivity index (χ1n) is 5.00. The second-order valence-corrected chi connectivity index (χ2v) is 4.83. The van der Waals surface area contributed by atoms with Crippen molar-refractivity contribution in [2.24, 2.45) is 5.92 Å². The summed E-state index contributed by atoms with van der Waals surface area (Å²) in [6, 6.07) is 7.07. The lowest BCUT2D eigenvalue weighted by atomic mass is 9.88. The average molecular weight is 258 g/mol. The SMILES string of the molecule is CC(C)C(O)C(C#N)c1ccc(Cl)c(Cl)c1. The Hall–Kier alpha value is -0.750. The van der Waals surface area contributed by atoms with Crippen molar-refractivity contribution in [3.05, 3.63) is 33.8 Å². The van der Waals surface area contributed by atoms with Crippen molar-refractivity contribution < 1.29 is 5.11 Å². The highest BCUT2D eigenvalue weighted by Gasteiger charge is 2.24. The Balaban J connectivity index is 3.06. The van der Waals surface area contributed by atoms with Crippen molar-refractivity contribution in [2.45, 2.75) is 25.9 Å². The summed E-state index contributed by atoms with van der Waals surface area (Å²) in [5.41, 5.74) is 0.693. The van der Waals surface area contributed by atoms with Crippen molar-refractivity contribution in [2.75, 3.05) is 0 Å². The molecule has 2 unspecified atom stereocenters. The molecular weight excluding hydrogens is 245 g/mol. The molecule has 0 aliphatic rings. The molecule has 0 radical (unpaired) electrons. The molecule has 0 aliphatic carbocycles. The number of hydrogen-bond acceptors (Lipinski definition) is 2. The van der Waals surface area contributed by atoms with Crippen LogP contribution in [-0.4, -0.2) is 11.2 Å². The summed E-state index contributed by atoms with van der Waals surface area (Å²) in [5, 5.41) is 19.8. The number of aliphatic hydroxyl groups is 1. The number of halogens is 2. The van der Waals surface area contributed by atoms with Gasteiger partial charge in [0.25, 0.3) is 0 Å². The summed E-state index contributed by atoms with van der Waals surface area (Å²) in [7, 11) is 0. The van der Waals surface area contributed by atoms with E-state index in [9.17, 15) is 5.11 Å². The highest BCUT2D eigenvalue weighted by atomic mass is 35.5. The third-order valence-electron chi connectivity index (χ3n) is 2.47. The topological polar surface area (TPSA) is 44.0 Å². The van der Waals surface area contributed by atoms with E-state index in [1.165, 1.54) is 0 Å². The highest BCUT2D eigenvalue weighted by Crippen LogP contribution is 2.29. The van der Waals surface area contributed by atoms with E-state index in [0.717, 1.165) is 0 Å². The number of nitrogens with zero attached hydrogens (tertiary/aromatic N) is 1. The predicted octanol–water partition coefficient (Wildman–Crippen LogP) is 3.62. The van der Waals surface area contributed by atoms with Crippen LogP contribution in [0.5, 0.6) is 0 Å². The Labute approximate surface area is 105 Å². The van der Waals surface area contributed by atoms with Crippen LogP contribution in [0.2, 0.25) is 10.0 Å². The Bertz CT molecular complexity index is 412. The smallest absolute Gasteiger partial charge is 0.0974 e. The quantitative estimate of drug-likeness (QED) is 0.899. The van der Waals surface area contributed by atoms with Crippen LogP contribution >= 0.6 is 23.2 Å². The fourth-order valence-electron chi connectivity index (χ4n) is 1.44. The fourth-order valence-corrected chi connectivity index (χ4v) is 1.75. The predicted molar refractivity (Wildman–Crippen MR) is 65.7 cm³/mol. The van der Waals surface area contributed by atoms with Crippen LogP contribution in [0.3, 0.4) is 0 Å². The Morgan fingerprint density at radius 1 is 1.25 bits per heavy atom. The van der Waals surface area contributed by atoms with Gasteiger partial charge in [-0.2, -0.15) is 5.26 Å². The Morgan fingerprint density at radius 2 is 1.88 bits per heavy atom. The maximum absolute atomic E-state index is 9.90. The highest BCUT2D eigenvalue weighted by molar-refractivity contribution is 6.42. The molecule has 0 aromatic heterocycles. The van der Waals surface area contributed by atoms with E-state index >= 15 is 0 Å². The number of benzene rings is 1. The van der Waals surface area contributed by atoms with Crippen molar-refractivity contribution in [3.63, 3.8) is 0 Å². The molecule has 2 nitrogen and oxygen atoms in total. The minimum absolute atomic E-state index is 0.0131. The van der Waals surface area contributed by atoms with Crippen molar-refractivity contribution in [3.8, 4) is 6.07 Å². The normalized spacial score (nSPS) is 14.6. The first kappa shape index (κ1) is 13.3. The molecule has 0 bridgehead atoms. The standard InChI is InChI=1S/C12H13Cl2NO/c1-7(2)12(16)9(6-15)8-3-4-10(13)11(14)5-8/h3-5,7,9,12,16H,1-2H3. The summed E-state index contributed by atoms with van der Waals surface area (Å²) >= 11 is 11.7. The van der Waals surface area contributed by atoms with Crippen LogP contribution < -0.4 is 0 Å². The molecule has 1 aromatic rings. The van der Waals surface area contributed by atoms with Gasteiger partial charge in [0, 0.05) is 0 Å². The lowest BCUT2D eigenvalue weighted by Crippen LogP contribution is -2.23. The molecule has 16 heavy (non-hydrogen) atoms. The molecule has 2 atom stereocenters. The molecule has 0 heterocycles. The van der Waals surface area contributed by atoms with Gasteiger partial charge in [-0.3, -0.25) is 0 Å². The molecule has 1 aromatic carbocycles. The Morgan fingerprint density at radius 3 is 2.31 bits per heavy atom. The summed E-state index contributed by atoms with van der Waals surface area (Å²) in [6.45, 7) is 3.74. The van der Waals surface area contributed by atoms with E-state index in [4.69, 9.17) is 28.5 Å². The molecule has 1 rings (SSSR count). The second-order valence-electron chi connectivity index (χ2n) is 4.01. The van der Waals surface area contributed by atoms with E-state index in [1.807, 2.05) is 13.8 Å². The first-order valence-corrected chi connectivity index (χ1v) is 5.75. The van der Waals surface area contributed by atoms with Crippen LogP contribution in [0.25, 0.3) is 0 Å². The molecular formula is C12H13Cl2NO. The zero-order chi connectivity index (χ0) is 12.3. The molecule has 0 spiro atoms. The van der Waals surface area contributed by atoms with E-state index in [0.29, 0.717) is 15.6 Å². The minimum atomic E-state index is -0.706. The molecule has 0 saturated carbocycles. The van der Waals surface area contributed by atoms with Crippen molar-refractivity contribution in [1.29, 1.82) is 5.26 Å². The molecule has 0 aliphatic heterocycles. The lowest BCUT2D eigenvalue weighted by molar-refractivity contribution is 0.113. The third kappa shape index (κ3) is 2.89. The van der Waals surface area contributed by atoms with Gasteiger partial charge in [-0.1, -0.05) is 43.1 Å². The number of rotatable bonds is 3. The fraction of sp³-hybridized carbons (Fsp3) is 0.417. The van der Waals surface area contributed by atoms with E-state index < -0.39 is 12.0 Å². The van der Waals surface area contributed by atoms with Gasteiger partial charge < -0.3 is 5.11 Å². The van der Waals surface area contributed by atoms with Crippen molar-refractivity contribution >= 4 is 23.2 Å². The molecule has 1 N–H and O–H groups in total. The van der Waals surface area contributed by atoms with Crippen LogP contribution in [0, 0.1) is 17.2 Å². The summed E-state index contributed by atoms with van der Waals surface area (Å²) < 4.78 is 0. The average Bonchev–Trinajstić information content (AvgIpc) is 2.24. The molecule has 0 saturated heterocycles. The summed E-state index contributed by atoms with van der Waals surface area (Å²) in [6.07, 6.45) is -0.706. The van der Waals surface area contributed by atoms with E-state index in [-0.39, 0.29) is 5.92 Å². The van der Waals surface area contributed by atoms with Gasteiger partial charge in [0.15, 0.2) is 0 Å². The number of aliphatic hydroxyl groups excluding tert-OH is 1. The van der Waals surface area contributed by atoms with Gasteiger partial charge >= 0.3 is 0 Å². The van der Waals surface area contributed by atoms with E-state index in [2.05, 4.69) is 6.07 Å². The van der Waals surface area contributed by atoms with Gasteiger partial charge in [-0.05, 0) is 23.6 Å². The zero-order valence-electron chi connectivity index (χ0n) is 9.11. The van der Waals surface area contributed by atoms with Crippen molar-refractivity contribution in [1.82, 2.24) is 0 Å². The maximum Gasteiger partial charge on any atom is 0.0974 e.